The van der Waals surface area contributed by atoms with Crippen molar-refractivity contribution in [1.82, 2.24) is 15.1 Å². The number of halogens is 1. The van der Waals surface area contributed by atoms with Gasteiger partial charge in [-0.05, 0) is 32.3 Å². The van der Waals surface area contributed by atoms with Crippen molar-refractivity contribution in [2.45, 2.75) is 6.04 Å². The number of rotatable bonds is 6. The summed E-state index contributed by atoms with van der Waals surface area (Å²) in [6.45, 7) is 6.04. The molecule has 1 atom stereocenters. The summed E-state index contributed by atoms with van der Waals surface area (Å²) in [6, 6.07) is 8.55. The zero-order chi connectivity index (χ0) is 14.4. The van der Waals surface area contributed by atoms with Crippen molar-refractivity contribution in [2.75, 3.05) is 53.4 Å². The highest BCUT2D eigenvalue weighted by molar-refractivity contribution is 9.10. The maximum Gasteiger partial charge on any atom is 0.120 e. The Bertz CT molecular complexity index is 416. The van der Waals surface area contributed by atoms with E-state index >= 15 is 0 Å². The van der Waals surface area contributed by atoms with Gasteiger partial charge in [-0.1, -0.05) is 22.0 Å². The quantitative estimate of drug-likeness (QED) is 0.796. The Morgan fingerprint density at radius 2 is 2.20 bits per heavy atom. The minimum absolute atomic E-state index is 0.597. The third-order valence-electron chi connectivity index (χ3n) is 3.70. The second-order valence-corrected chi connectivity index (χ2v) is 6.32. The average Bonchev–Trinajstić information content (AvgIpc) is 2.42. The number of nitrogens with one attached hydrogen (secondary N) is 1. The van der Waals surface area contributed by atoms with Crippen LogP contribution < -0.4 is 10.1 Å². The third kappa shape index (κ3) is 5.05. The lowest BCUT2D eigenvalue weighted by atomic mass is 10.2. The lowest BCUT2D eigenvalue weighted by Crippen LogP contribution is -2.54. The zero-order valence-corrected chi connectivity index (χ0v) is 13.9. The van der Waals surface area contributed by atoms with Crippen LogP contribution in [0.5, 0.6) is 5.75 Å². The van der Waals surface area contributed by atoms with Gasteiger partial charge in [0, 0.05) is 43.2 Å². The van der Waals surface area contributed by atoms with Gasteiger partial charge in [-0.15, -0.1) is 0 Å². The molecule has 0 radical (unpaired) electrons. The third-order valence-corrected chi connectivity index (χ3v) is 4.20. The van der Waals surface area contributed by atoms with Gasteiger partial charge in [-0.25, -0.2) is 0 Å². The number of likely N-dealkylation sites (N-methyl/N-ethyl adjacent to an activating group) is 2. The fourth-order valence-electron chi connectivity index (χ4n) is 2.39. The molecule has 1 N–H and O–H groups in total. The Morgan fingerprint density at radius 3 is 3.00 bits per heavy atom. The standard InChI is InChI=1S/C15H24BrN3O/c1-18-7-8-19(2)14(12-18)11-17-6-9-20-15-5-3-4-13(16)10-15/h3-5,10,14,17H,6-9,11-12H2,1-2H3. The predicted molar refractivity (Wildman–Crippen MR) is 86.4 cm³/mol. The molecule has 112 valence electrons. The molecule has 0 spiro atoms. The zero-order valence-electron chi connectivity index (χ0n) is 12.3. The molecule has 2 rings (SSSR count). The summed E-state index contributed by atoms with van der Waals surface area (Å²) in [6.07, 6.45) is 0. The van der Waals surface area contributed by atoms with E-state index in [-0.39, 0.29) is 0 Å². The molecule has 0 bridgehead atoms. The van der Waals surface area contributed by atoms with Gasteiger partial charge in [0.1, 0.15) is 12.4 Å². The molecule has 0 aromatic heterocycles. The summed E-state index contributed by atoms with van der Waals surface area (Å²) in [4.78, 5) is 4.83. The summed E-state index contributed by atoms with van der Waals surface area (Å²) in [7, 11) is 4.40. The molecule has 0 saturated carbocycles. The molecule has 1 aromatic rings. The van der Waals surface area contributed by atoms with E-state index in [0.29, 0.717) is 12.6 Å². The molecule has 0 amide bonds. The minimum Gasteiger partial charge on any atom is -0.492 e. The van der Waals surface area contributed by atoms with Crippen LogP contribution in [-0.2, 0) is 0 Å². The van der Waals surface area contributed by atoms with Crippen molar-refractivity contribution in [3.8, 4) is 5.75 Å². The number of nitrogens with zero attached hydrogens (tertiary/aromatic N) is 2. The average molecular weight is 342 g/mol. The lowest BCUT2D eigenvalue weighted by molar-refractivity contribution is 0.113. The van der Waals surface area contributed by atoms with Crippen molar-refractivity contribution in [3.63, 3.8) is 0 Å². The van der Waals surface area contributed by atoms with Crippen LogP contribution in [0.3, 0.4) is 0 Å². The molecule has 1 aliphatic rings. The number of benzene rings is 1. The second kappa shape index (κ2) is 7.98. The highest BCUT2D eigenvalue weighted by Crippen LogP contribution is 2.17. The van der Waals surface area contributed by atoms with Gasteiger partial charge in [0.2, 0.25) is 0 Å². The van der Waals surface area contributed by atoms with Crippen LogP contribution >= 0.6 is 15.9 Å². The van der Waals surface area contributed by atoms with Gasteiger partial charge < -0.3 is 15.0 Å². The number of hydrogen-bond donors (Lipinski definition) is 1. The number of piperazine rings is 1. The Hall–Kier alpha value is -0.620. The molecule has 4 nitrogen and oxygen atoms in total. The summed E-state index contributed by atoms with van der Waals surface area (Å²) in [5, 5.41) is 3.49. The van der Waals surface area contributed by atoms with E-state index < -0.39 is 0 Å². The first-order chi connectivity index (χ1) is 9.65. The SMILES string of the molecule is CN1CCN(C)C(CNCCOc2cccc(Br)c2)C1. The largest absolute Gasteiger partial charge is 0.492 e. The van der Waals surface area contributed by atoms with Crippen molar-refractivity contribution < 1.29 is 4.74 Å². The van der Waals surface area contributed by atoms with Crippen molar-refractivity contribution in [2.24, 2.45) is 0 Å². The predicted octanol–water partition coefficient (Wildman–Crippen LogP) is 1.66. The van der Waals surface area contributed by atoms with Gasteiger partial charge in [0.25, 0.3) is 0 Å². The normalized spacial score (nSPS) is 21.1. The monoisotopic (exact) mass is 341 g/mol. The highest BCUT2D eigenvalue weighted by atomic mass is 79.9. The van der Waals surface area contributed by atoms with Gasteiger partial charge >= 0.3 is 0 Å². The summed E-state index contributed by atoms with van der Waals surface area (Å²) < 4.78 is 6.76. The number of ether oxygens (including phenoxy) is 1. The Kier molecular flexibility index (Phi) is 6.29. The van der Waals surface area contributed by atoms with E-state index in [1.807, 2.05) is 24.3 Å². The van der Waals surface area contributed by atoms with Crippen LogP contribution in [0.4, 0.5) is 0 Å². The van der Waals surface area contributed by atoms with E-state index in [1.165, 1.54) is 6.54 Å². The molecule has 1 unspecified atom stereocenters. The molecule has 5 heteroatoms. The number of hydrogen-bond acceptors (Lipinski definition) is 4. The van der Waals surface area contributed by atoms with Crippen LogP contribution in [0.15, 0.2) is 28.7 Å². The van der Waals surface area contributed by atoms with Crippen molar-refractivity contribution >= 4 is 15.9 Å². The van der Waals surface area contributed by atoms with Gasteiger partial charge in [-0.2, -0.15) is 0 Å². The maximum atomic E-state index is 5.71. The summed E-state index contributed by atoms with van der Waals surface area (Å²) in [5.74, 6) is 0.913. The Labute approximate surface area is 130 Å². The Morgan fingerprint density at radius 1 is 1.35 bits per heavy atom. The minimum atomic E-state index is 0.597. The van der Waals surface area contributed by atoms with Crippen molar-refractivity contribution in [1.29, 1.82) is 0 Å². The van der Waals surface area contributed by atoms with Crippen LogP contribution in [0.25, 0.3) is 0 Å². The summed E-state index contributed by atoms with van der Waals surface area (Å²) >= 11 is 3.44. The first-order valence-electron chi connectivity index (χ1n) is 7.13. The van der Waals surface area contributed by atoms with E-state index in [2.05, 4.69) is 45.1 Å². The molecule has 1 aromatic carbocycles. The van der Waals surface area contributed by atoms with Gasteiger partial charge in [-0.3, -0.25) is 4.90 Å². The van der Waals surface area contributed by atoms with E-state index in [4.69, 9.17) is 4.74 Å². The van der Waals surface area contributed by atoms with Gasteiger partial charge in [0.05, 0.1) is 0 Å². The van der Waals surface area contributed by atoms with Crippen LogP contribution in [-0.4, -0.2) is 69.3 Å². The van der Waals surface area contributed by atoms with E-state index in [1.54, 1.807) is 0 Å². The topological polar surface area (TPSA) is 27.7 Å². The molecular weight excluding hydrogens is 318 g/mol. The molecular formula is C15H24BrN3O. The molecule has 0 aliphatic carbocycles. The van der Waals surface area contributed by atoms with Crippen LogP contribution in [0.2, 0.25) is 0 Å². The van der Waals surface area contributed by atoms with Gasteiger partial charge in [0.15, 0.2) is 0 Å². The highest BCUT2D eigenvalue weighted by Gasteiger charge is 2.21. The Balaban J connectivity index is 1.61. The molecule has 1 saturated heterocycles. The fourth-order valence-corrected chi connectivity index (χ4v) is 2.77. The van der Waals surface area contributed by atoms with Crippen LogP contribution in [0.1, 0.15) is 0 Å². The smallest absolute Gasteiger partial charge is 0.120 e. The first-order valence-corrected chi connectivity index (χ1v) is 7.92. The first kappa shape index (κ1) is 15.8. The lowest BCUT2D eigenvalue weighted by Gasteiger charge is -2.37. The van der Waals surface area contributed by atoms with E-state index in [9.17, 15) is 0 Å². The van der Waals surface area contributed by atoms with Crippen molar-refractivity contribution in [3.05, 3.63) is 28.7 Å². The summed E-state index contributed by atoms with van der Waals surface area (Å²) in [5.41, 5.74) is 0. The molecule has 1 aliphatic heterocycles. The molecule has 1 fully saturated rings. The molecule has 1 heterocycles. The van der Waals surface area contributed by atoms with E-state index in [0.717, 1.165) is 36.4 Å². The fraction of sp³-hybridized carbons (Fsp3) is 0.600. The molecule has 20 heavy (non-hydrogen) atoms. The van der Waals surface area contributed by atoms with Crippen LogP contribution in [0, 0.1) is 0 Å². The second-order valence-electron chi connectivity index (χ2n) is 5.41. The maximum absolute atomic E-state index is 5.71.